The molecule has 0 aliphatic carbocycles. The number of carbonyl (C=O) groups is 2. The number of nitro benzene ring substituents is 1. The number of aromatic carboxylic acids is 1. The summed E-state index contributed by atoms with van der Waals surface area (Å²) in [6, 6.07) is 11.1. The molecule has 11 heteroatoms. The van der Waals surface area contributed by atoms with E-state index in [0.717, 1.165) is 6.07 Å². The molecular weight excluding hydrogens is 384 g/mol. The van der Waals surface area contributed by atoms with Crippen molar-refractivity contribution in [3.8, 4) is 17.1 Å². The second-order valence-electron chi connectivity index (χ2n) is 5.72. The summed E-state index contributed by atoms with van der Waals surface area (Å²) in [7, 11) is 0. The molecule has 0 aliphatic heterocycles. The summed E-state index contributed by atoms with van der Waals surface area (Å²) in [5.74, 6) is -3.51. The summed E-state index contributed by atoms with van der Waals surface area (Å²) in [6.07, 6.45) is 0. The Morgan fingerprint density at radius 1 is 1.14 bits per heavy atom. The lowest BCUT2D eigenvalue weighted by atomic mass is 10.1. The Kier molecular flexibility index (Phi) is 5.04. The van der Waals surface area contributed by atoms with Gasteiger partial charge in [-0.3, -0.25) is 19.7 Å². The molecule has 0 bridgehead atoms. The van der Waals surface area contributed by atoms with E-state index in [4.69, 9.17) is 5.11 Å². The number of aromatic nitrogens is 2. The first-order valence-corrected chi connectivity index (χ1v) is 7.99. The smallest absolute Gasteiger partial charge is 0.358 e. The summed E-state index contributed by atoms with van der Waals surface area (Å²) in [6.45, 7) is 0. The van der Waals surface area contributed by atoms with E-state index in [1.807, 2.05) is 0 Å². The maximum Gasteiger partial charge on any atom is 0.358 e. The number of anilines is 1. The molecule has 0 spiro atoms. The molecule has 146 valence electrons. The van der Waals surface area contributed by atoms with Gasteiger partial charge in [-0.15, -0.1) is 0 Å². The van der Waals surface area contributed by atoms with E-state index in [0.29, 0.717) is 0 Å². The van der Waals surface area contributed by atoms with Crippen LogP contribution in [0.5, 0.6) is 5.75 Å². The van der Waals surface area contributed by atoms with Crippen LogP contribution in [0.1, 0.15) is 20.8 Å². The zero-order valence-electron chi connectivity index (χ0n) is 14.4. The zero-order valence-corrected chi connectivity index (χ0v) is 14.4. The minimum Gasteiger partial charge on any atom is -0.501 e. The number of nitro groups is 1. The lowest BCUT2D eigenvalue weighted by Crippen LogP contribution is -2.17. The van der Waals surface area contributed by atoms with Gasteiger partial charge < -0.3 is 20.5 Å². The van der Waals surface area contributed by atoms with Gasteiger partial charge in [0.2, 0.25) is 5.75 Å². The highest BCUT2D eigenvalue weighted by Gasteiger charge is 2.20. The van der Waals surface area contributed by atoms with Gasteiger partial charge in [-0.1, -0.05) is 18.2 Å². The van der Waals surface area contributed by atoms with Crippen molar-refractivity contribution in [2.75, 3.05) is 5.32 Å². The number of aromatic amines is 1. The minimum atomic E-state index is -1.60. The van der Waals surface area contributed by atoms with E-state index in [1.165, 1.54) is 30.3 Å². The first-order chi connectivity index (χ1) is 13.8. The molecule has 3 rings (SSSR count). The standard InChI is InChI=1S/C18H12N4O7/c23-14-13(18(26)27)20-15(21-17(14)25)11-6-1-2-7-12(11)19-16(24)9-4-3-5-10(8-9)22(28)29/h1-8,23H,(H,19,24)(H,26,27)(H,20,21,25). The number of aromatic hydroxyl groups is 1. The molecule has 29 heavy (non-hydrogen) atoms. The van der Waals surface area contributed by atoms with Crippen molar-refractivity contribution < 1.29 is 24.7 Å². The topological polar surface area (TPSA) is 176 Å². The summed E-state index contributed by atoms with van der Waals surface area (Å²) in [5.41, 5.74) is -1.82. The maximum atomic E-state index is 12.5. The summed E-state index contributed by atoms with van der Waals surface area (Å²) < 4.78 is 0. The van der Waals surface area contributed by atoms with Crippen molar-refractivity contribution in [1.29, 1.82) is 0 Å². The van der Waals surface area contributed by atoms with Crippen molar-refractivity contribution >= 4 is 23.3 Å². The summed E-state index contributed by atoms with van der Waals surface area (Å²) in [5, 5.41) is 32.1. The Hall–Kier alpha value is -4.54. The fraction of sp³-hybridized carbons (Fsp3) is 0. The predicted octanol–water partition coefficient (Wildman–Crippen LogP) is 2.00. The molecule has 3 aromatic rings. The van der Waals surface area contributed by atoms with Crippen LogP contribution in [0.4, 0.5) is 11.4 Å². The van der Waals surface area contributed by atoms with Gasteiger partial charge in [0.1, 0.15) is 5.82 Å². The molecule has 1 heterocycles. The van der Waals surface area contributed by atoms with Crippen LogP contribution >= 0.6 is 0 Å². The zero-order chi connectivity index (χ0) is 21.1. The highest BCUT2D eigenvalue weighted by molar-refractivity contribution is 6.06. The normalized spacial score (nSPS) is 10.3. The molecule has 0 saturated heterocycles. The van der Waals surface area contributed by atoms with Gasteiger partial charge in [-0.2, -0.15) is 0 Å². The molecule has 0 atom stereocenters. The molecular formula is C18H12N4O7. The van der Waals surface area contributed by atoms with Crippen molar-refractivity contribution in [3.63, 3.8) is 0 Å². The van der Waals surface area contributed by atoms with E-state index < -0.39 is 33.8 Å². The predicted molar refractivity (Wildman–Crippen MR) is 100.0 cm³/mol. The number of carboxylic acids is 1. The van der Waals surface area contributed by atoms with Crippen LogP contribution in [0.15, 0.2) is 53.3 Å². The molecule has 4 N–H and O–H groups in total. The molecule has 1 amide bonds. The van der Waals surface area contributed by atoms with Crippen LogP contribution in [0.3, 0.4) is 0 Å². The number of benzene rings is 2. The maximum absolute atomic E-state index is 12.5. The van der Waals surface area contributed by atoms with Gasteiger partial charge in [-0.25, -0.2) is 9.78 Å². The number of carboxylic acid groups (broad SMARTS) is 1. The fourth-order valence-corrected chi connectivity index (χ4v) is 2.50. The molecule has 0 aliphatic rings. The van der Waals surface area contributed by atoms with Crippen molar-refractivity contribution in [2.24, 2.45) is 0 Å². The summed E-state index contributed by atoms with van der Waals surface area (Å²) >= 11 is 0. The Morgan fingerprint density at radius 3 is 2.55 bits per heavy atom. The van der Waals surface area contributed by atoms with Crippen LogP contribution in [0.2, 0.25) is 0 Å². The number of nitrogens with zero attached hydrogens (tertiary/aromatic N) is 2. The van der Waals surface area contributed by atoms with E-state index in [2.05, 4.69) is 15.3 Å². The number of non-ortho nitro benzene ring substituents is 1. The quantitative estimate of drug-likeness (QED) is 0.374. The van der Waals surface area contributed by atoms with E-state index in [9.17, 15) is 29.6 Å². The molecule has 2 aromatic carbocycles. The average Bonchev–Trinajstić information content (AvgIpc) is 2.70. The molecule has 0 radical (unpaired) electrons. The van der Waals surface area contributed by atoms with Crippen molar-refractivity contribution in [3.05, 3.63) is 80.3 Å². The molecule has 1 aromatic heterocycles. The highest BCUT2D eigenvalue weighted by atomic mass is 16.6. The average molecular weight is 396 g/mol. The second-order valence-corrected chi connectivity index (χ2v) is 5.72. The second kappa shape index (κ2) is 7.60. The Balaban J connectivity index is 2.02. The highest BCUT2D eigenvalue weighted by Crippen LogP contribution is 2.26. The van der Waals surface area contributed by atoms with Gasteiger partial charge in [0, 0.05) is 23.3 Å². The fourth-order valence-electron chi connectivity index (χ4n) is 2.50. The third kappa shape index (κ3) is 3.93. The number of nitrogens with one attached hydrogen (secondary N) is 2. The van der Waals surface area contributed by atoms with Gasteiger partial charge in [-0.05, 0) is 18.2 Å². The van der Waals surface area contributed by atoms with Crippen LogP contribution in [0.25, 0.3) is 11.4 Å². The van der Waals surface area contributed by atoms with Crippen LogP contribution in [0, 0.1) is 10.1 Å². The van der Waals surface area contributed by atoms with Crippen LogP contribution in [-0.4, -0.2) is 37.0 Å². The Labute approximate surface area is 161 Å². The van der Waals surface area contributed by atoms with Crippen LogP contribution < -0.4 is 10.9 Å². The number of amides is 1. The number of para-hydroxylation sites is 1. The first kappa shape index (κ1) is 19.2. The van der Waals surface area contributed by atoms with Crippen molar-refractivity contribution in [2.45, 2.75) is 0 Å². The lowest BCUT2D eigenvalue weighted by molar-refractivity contribution is -0.384. The van der Waals surface area contributed by atoms with Gasteiger partial charge in [0.25, 0.3) is 17.2 Å². The Bertz CT molecular complexity index is 1200. The number of hydrogen-bond acceptors (Lipinski definition) is 7. The first-order valence-electron chi connectivity index (χ1n) is 7.99. The third-order valence-electron chi connectivity index (χ3n) is 3.85. The van der Waals surface area contributed by atoms with E-state index >= 15 is 0 Å². The van der Waals surface area contributed by atoms with Crippen LogP contribution in [-0.2, 0) is 0 Å². The monoisotopic (exact) mass is 396 g/mol. The third-order valence-corrected chi connectivity index (χ3v) is 3.85. The van der Waals surface area contributed by atoms with Crippen molar-refractivity contribution in [1.82, 2.24) is 9.97 Å². The SMILES string of the molecule is O=C(Nc1ccccc1-c1nc(C(=O)O)c(O)c(=O)[nH]1)c1cccc([N+](=O)[O-])c1. The number of H-pyrrole nitrogens is 1. The number of rotatable bonds is 5. The summed E-state index contributed by atoms with van der Waals surface area (Å²) in [4.78, 5) is 51.8. The lowest BCUT2D eigenvalue weighted by Gasteiger charge is -2.11. The van der Waals surface area contributed by atoms with Gasteiger partial charge >= 0.3 is 5.97 Å². The number of carbonyl (C=O) groups excluding carboxylic acids is 1. The Morgan fingerprint density at radius 2 is 1.86 bits per heavy atom. The minimum absolute atomic E-state index is 0.0207. The molecule has 11 nitrogen and oxygen atoms in total. The largest absolute Gasteiger partial charge is 0.501 e. The van der Waals surface area contributed by atoms with Gasteiger partial charge in [0.05, 0.1) is 10.6 Å². The molecule has 0 saturated carbocycles. The number of hydrogen-bond donors (Lipinski definition) is 4. The molecule has 0 fully saturated rings. The molecule has 0 unspecified atom stereocenters. The van der Waals surface area contributed by atoms with E-state index in [-0.39, 0.29) is 28.3 Å². The van der Waals surface area contributed by atoms with Gasteiger partial charge in [0.15, 0.2) is 5.69 Å². The van der Waals surface area contributed by atoms with E-state index in [1.54, 1.807) is 12.1 Å².